The fourth-order valence-electron chi connectivity index (χ4n) is 0.664. The van der Waals surface area contributed by atoms with Gasteiger partial charge in [0.1, 0.15) is 0 Å². The second kappa shape index (κ2) is 2.37. The number of unbranched alkanes of at least 4 members (excludes halogenated alkanes) is 1. The maximum atomic E-state index is 12.7. The third-order valence-electron chi connectivity index (χ3n) is 1.22. The molecule has 0 aromatic heterocycles. The van der Waals surface area contributed by atoms with Crippen LogP contribution in [0.4, 0.5) is 8.22 Å². The van der Waals surface area contributed by atoms with Crippen LogP contribution >= 0.6 is 0 Å². The number of halogens is 2. The molecule has 0 aliphatic carbocycles. The van der Waals surface area contributed by atoms with E-state index >= 15 is 0 Å². The van der Waals surface area contributed by atoms with Crippen LogP contribution in [0.5, 0.6) is 0 Å². The molecule has 0 radical (unpaired) electrons. The van der Waals surface area contributed by atoms with Gasteiger partial charge in [0.2, 0.25) is 0 Å². The predicted octanol–water partition coefficient (Wildman–Crippen LogP) is 3.38. The van der Waals surface area contributed by atoms with Crippen molar-refractivity contribution in [1.29, 1.82) is 0 Å². The van der Waals surface area contributed by atoms with E-state index in [1.165, 1.54) is 0 Å². The van der Waals surface area contributed by atoms with Gasteiger partial charge in [-0.15, -0.1) is 0 Å². The number of rotatable bonds is 3. The van der Waals surface area contributed by atoms with Crippen molar-refractivity contribution in [1.82, 2.24) is 0 Å². The van der Waals surface area contributed by atoms with Crippen molar-refractivity contribution in [2.24, 2.45) is 0 Å². The van der Waals surface area contributed by atoms with Gasteiger partial charge < -0.3 is 0 Å². The summed E-state index contributed by atoms with van der Waals surface area (Å²) in [6, 6.07) is 0.149. The van der Waals surface area contributed by atoms with Crippen LogP contribution in [0.25, 0.3) is 0 Å². The van der Waals surface area contributed by atoms with Gasteiger partial charge in [-0.05, 0) is 0 Å². The molecule has 0 aliphatic rings. The van der Waals surface area contributed by atoms with Crippen LogP contribution in [-0.4, -0.2) is 8.02 Å². The molecule has 0 fully saturated rings. The van der Waals surface area contributed by atoms with Gasteiger partial charge in [0.25, 0.3) is 0 Å². The van der Waals surface area contributed by atoms with Gasteiger partial charge in [-0.3, -0.25) is 0 Å². The zero-order chi connectivity index (χ0) is 7.57. The minimum absolute atomic E-state index is 0.149. The van der Waals surface area contributed by atoms with Crippen molar-refractivity contribution in [2.75, 3.05) is 0 Å². The number of hydrogen-bond donors (Lipinski definition) is 0. The van der Waals surface area contributed by atoms with Crippen LogP contribution in [0.2, 0.25) is 19.1 Å². The Morgan fingerprint density at radius 3 is 1.78 bits per heavy atom. The Balaban J connectivity index is 3.60. The summed E-state index contributed by atoms with van der Waals surface area (Å²) in [6.45, 7) is 4.21. The third-order valence-corrected chi connectivity index (χ3v) is 2.95. The molecule has 0 aromatic carbocycles. The second-order valence-electron chi connectivity index (χ2n) is 3.41. The van der Waals surface area contributed by atoms with Gasteiger partial charge in [-0.2, -0.15) is 0 Å². The Hall–Kier alpha value is 0.0769. The average molecular weight is 153 g/mol. The Bertz CT molecular complexity index is 83.7. The quantitative estimate of drug-likeness (QED) is 0.430. The van der Waals surface area contributed by atoms with E-state index in [1.54, 1.807) is 0 Å². The Labute approximate surface area is 56.0 Å². The van der Waals surface area contributed by atoms with Gasteiger partial charge in [0, 0.05) is 0 Å². The molecule has 0 N–H and O–H groups in total. The van der Waals surface area contributed by atoms with Gasteiger partial charge in [0.05, 0.1) is 0 Å². The topological polar surface area (TPSA) is 0 Å². The summed E-state index contributed by atoms with van der Waals surface area (Å²) in [7, 11) is -4.35. The Morgan fingerprint density at radius 1 is 1.22 bits per heavy atom. The summed E-state index contributed by atoms with van der Waals surface area (Å²) in [5.41, 5.74) is 0. The van der Waals surface area contributed by atoms with E-state index in [0.717, 1.165) is 19.5 Å². The van der Waals surface area contributed by atoms with Crippen LogP contribution < -0.4 is 0 Å². The molecular formula is C6H15F2Si-. The van der Waals surface area contributed by atoms with Crippen molar-refractivity contribution in [2.45, 2.75) is 38.9 Å². The van der Waals surface area contributed by atoms with E-state index in [2.05, 4.69) is 0 Å². The van der Waals surface area contributed by atoms with Crippen molar-refractivity contribution in [3.05, 3.63) is 0 Å². The van der Waals surface area contributed by atoms with E-state index in [9.17, 15) is 8.22 Å². The molecule has 0 nitrogen and oxygen atoms in total. The fraction of sp³-hybridized carbons (Fsp3) is 1.00. The van der Waals surface area contributed by atoms with E-state index < -0.39 is 8.02 Å². The first-order chi connectivity index (χ1) is 3.81. The normalized spacial score (nSPS) is 16.8. The summed E-state index contributed by atoms with van der Waals surface area (Å²) in [6.07, 6.45) is 1.55. The van der Waals surface area contributed by atoms with Gasteiger partial charge >= 0.3 is 55.1 Å². The van der Waals surface area contributed by atoms with Crippen LogP contribution in [-0.2, 0) is 0 Å². The number of hydrogen-bond acceptors (Lipinski definition) is 0. The molecule has 58 valence electrons. The van der Waals surface area contributed by atoms with E-state index in [1.807, 2.05) is 6.92 Å². The average Bonchev–Trinajstić information content (AvgIpc) is 1.57. The Morgan fingerprint density at radius 2 is 1.67 bits per heavy atom. The van der Waals surface area contributed by atoms with Crippen LogP contribution in [0.1, 0.15) is 19.8 Å². The molecule has 0 saturated carbocycles. The van der Waals surface area contributed by atoms with Crippen LogP contribution in [0.15, 0.2) is 0 Å². The predicted molar refractivity (Wildman–Crippen MR) is 39.4 cm³/mol. The van der Waals surface area contributed by atoms with Crippen molar-refractivity contribution in [3.63, 3.8) is 0 Å². The first-order valence-corrected chi connectivity index (χ1v) is 6.90. The molecule has 0 unspecified atom stereocenters. The van der Waals surface area contributed by atoms with E-state index in [-0.39, 0.29) is 6.04 Å². The summed E-state index contributed by atoms with van der Waals surface area (Å²) in [5, 5.41) is 0. The molecule has 0 saturated heterocycles. The van der Waals surface area contributed by atoms with Crippen LogP contribution in [0.3, 0.4) is 0 Å². The molecule has 0 spiro atoms. The van der Waals surface area contributed by atoms with Crippen LogP contribution in [0, 0.1) is 0 Å². The first kappa shape index (κ1) is 9.08. The van der Waals surface area contributed by atoms with Gasteiger partial charge in [-0.25, -0.2) is 0 Å². The van der Waals surface area contributed by atoms with Crippen molar-refractivity contribution in [3.8, 4) is 0 Å². The molecule has 0 rings (SSSR count). The van der Waals surface area contributed by atoms with E-state index in [4.69, 9.17) is 0 Å². The zero-order valence-corrected chi connectivity index (χ0v) is 7.38. The first-order valence-electron chi connectivity index (χ1n) is 3.44. The summed E-state index contributed by atoms with van der Waals surface area (Å²) < 4.78 is 25.5. The molecule has 3 heteroatoms. The molecule has 9 heavy (non-hydrogen) atoms. The van der Waals surface area contributed by atoms with Crippen molar-refractivity contribution >= 4 is 8.02 Å². The molecule has 0 aromatic rings. The van der Waals surface area contributed by atoms with Gasteiger partial charge in [-0.1, -0.05) is 0 Å². The SMILES string of the molecule is CCCC[Si-](C)(C)(F)F. The summed E-state index contributed by atoms with van der Waals surface area (Å²) in [5.74, 6) is 0. The standard InChI is InChI=1S/C6H15F2Si/c1-4-5-6-9(2,3,7)8/h4-6H2,1-3H3/q-1. The summed E-state index contributed by atoms with van der Waals surface area (Å²) >= 11 is 0. The third kappa shape index (κ3) is 8.08. The second-order valence-corrected chi connectivity index (χ2v) is 8.51. The van der Waals surface area contributed by atoms with Crippen molar-refractivity contribution < 1.29 is 8.22 Å². The summed E-state index contributed by atoms with van der Waals surface area (Å²) in [4.78, 5) is 0. The van der Waals surface area contributed by atoms with E-state index in [0.29, 0.717) is 6.42 Å². The molecule has 0 amide bonds. The monoisotopic (exact) mass is 153 g/mol. The molecular weight excluding hydrogens is 138 g/mol. The molecule has 0 atom stereocenters. The zero-order valence-electron chi connectivity index (χ0n) is 6.38. The fourth-order valence-corrected chi connectivity index (χ4v) is 1.99. The molecule has 0 aliphatic heterocycles. The van der Waals surface area contributed by atoms with Gasteiger partial charge in [0.15, 0.2) is 0 Å². The Kier molecular flexibility index (Phi) is 2.39. The minimum atomic E-state index is -4.35. The molecule has 0 heterocycles. The molecule has 0 bridgehead atoms. The maximum absolute atomic E-state index is 12.7.